The van der Waals surface area contributed by atoms with Gasteiger partial charge in [-0.2, -0.15) is 5.10 Å². The van der Waals surface area contributed by atoms with Crippen LogP contribution in [0.5, 0.6) is 5.75 Å². The standard InChI is InChI=1S/C12H8F3N5O/c13-12(14,15)21-7-3-1-2-6(4-7)9-8-10(16)17-5-18-11(8)20-19-9/h1-5H,(H3,16,17,18,19,20). The Kier molecular flexibility index (Phi) is 2.89. The molecular weight excluding hydrogens is 287 g/mol. The summed E-state index contributed by atoms with van der Waals surface area (Å²) in [5, 5.41) is 7.08. The lowest BCUT2D eigenvalue weighted by atomic mass is 10.1. The van der Waals surface area contributed by atoms with E-state index >= 15 is 0 Å². The average molecular weight is 295 g/mol. The molecule has 2 aromatic heterocycles. The monoisotopic (exact) mass is 295 g/mol. The number of benzene rings is 1. The Hall–Kier alpha value is -2.84. The molecule has 9 heteroatoms. The molecule has 0 bridgehead atoms. The Labute approximate surface area is 115 Å². The van der Waals surface area contributed by atoms with Gasteiger partial charge in [0.1, 0.15) is 17.9 Å². The molecule has 0 atom stereocenters. The van der Waals surface area contributed by atoms with Crippen molar-refractivity contribution in [3.8, 4) is 17.0 Å². The second kappa shape index (κ2) is 4.62. The van der Waals surface area contributed by atoms with Crippen molar-refractivity contribution in [1.82, 2.24) is 20.2 Å². The second-order valence-electron chi connectivity index (χ2n) is 4.13. The third-order valence-corrected chi connectivity index (χ3v) is 2.74. The zero-order valence-electron chi connectivity index (χ0n) is 10.3. The van der Waals surface area contributed by atoms with Crippen LogP contribution in [0.3, 0.4) is 0 Å². The number of anilines is 1. The van der Waals surface area contributed by atoms with E-state index in [0.717, 1.165) is 0 Å². The first-order valence-electron chi connectivity index (χ1n) is 5.75. The number of nitrogens with one attached hydrogen (secondary N) is 1. The van der Waals surface area contributed by atoms with Gasteiger partial charge in [0.2, 0.25) is 0 Å². The third-order valence-electron chi connectivity index (χ3n) is 2.74. The van der Waals surface area contributed by atoms with Crippen molar-refractivity contribution in [3.63, 3.8) is 0 Å². The second-order valence-corrected chi connectivity index (χ2v) is 4.13. The summed E-state index contributed by atoms with van der Waals surface area (Å²) in [5.74, 6) is -0.149. The molecule has 0 unspecified atom stereocenters. The molecule has 0 fully saturated rings. The number of H-pyrrole nitrogens is 1. The van der Waals surface area contributed by atoms with Gasteiger partial charge in [-0.15, -0.1) is 13.2 Å². The number of hydrogen-bond donors (Lipinski definition) is 2. The van der Waals surface area contributed by atoms with Gasteiger partial charge in [0.15, 0.2) is 5.65 Å². The fourth-order valence-corrected chi connectivity index (χ4v) is 1.94. The molecule has 108 valence electrons. The summed E-state index contributed by atoms with van der Waals surface area (Å²) in [7, 11) is 0. The summed E-state index contributed by atoms with van der Waals surface area (Å²) in [6.07, 6.45) is -3.50. The molecule has 0 spiro atoms. The van der Waals surface area contributed by atoms with Gasteiger partial charge in [0.05, 0.1) is 11.1 Å². The SMILES string of the molecule is Nc1ncnc2n[nH]c(-c3cccc(OC(F)(F)F)c3)c12. The van der Waals surface area contributed by atoms with Gasteiger partial charge < -0.3 is 10.5 Å². The van der Waals surface area contributed by atoms with Crippen LogP contribution in [0.15, 0.2) is 30.6 Å². The van der Waals surface area contributed by atoms with Crippen LogP contribution in [0.2, 0.25) is 0 Å². The highest BCUT2D eigenvalue weighted by molar-refractivity contribution is 5.97. The van der Waals surface area contributed by atoms with Crippen molar-refractivity contribution in [2.45, 2.75) is 6.36 Å². The molecule has 0 saturated carbocycles. The van der Waals surface area contributed by atoms with E-state index in [0.29, 0.717) is 22.3 Å². The van der Waals surface area contributed by atoms with Gasteiger partial charge in [-0.3, -0.25) is 5.10 Å². The van der Waals surface area contributed by atoms with Crippen LogP contribution in [-0.2, 0) is 0 Å². The van der Waals surface area contributed by atoms with Crippen molar-refractivity contribution in [2.75, 3.05) is 5.73 Å². The minimum Gasteiger partial charge on any atom is -0.406 e. The van der Waals surface area contributed by atoms with Crippen LogP contribution in [0.4, 0.5) is 19.0 Å². The summed E-state index contributed by atoms with van der Waals surface area (Å²) in [6.45, 7) is 0. The maximum absolute atomic E-state index is 12.3. The van der Waals surface area contributed by atoms with Gasteiger partial charge in [-0.1, -0.05) is 12.1 Å². The summed E-state index contributed by atoms with van der Waals surface area (Å²) < 4.78 is 40.6. The lowest BCUT2D eigenvalue weighted by Gasteiger charge is -2.09. The number of ether oxygens (including phenoxy) is 1. The highest BCUT2D eigenvalue weighted by Crippen LogP contribution is 2.31. The highest BCUT2D eigenvalue weighted by atomic mass is 19.4. The Morgan fingerprint density at radius 2 is 2.00 bits per heavy atom. The Morgan fingerprint density at radius 1 is 1.19 bits per heavy atom. The zero-order chi connectivity index (χ0) is 15.0. The van der Waals surface area contributed by atoms with Crippen molar-refractivity contribution < 1.29 is 17.9 Å². The van der Waals surface area contributed by atoms with E-state index in [1.165, 1.54) is 24.5 Å². The summed E-state index contributed by atoms with van der Waals surface area (Å²) >= 11 is 0. The number of rotatable bonds is 2. The average Bonchev–Trinajstić information content (AvgIpc) is 2.82. The quantitative estimate of drug-likeness (QED) is 0.758. The van der Waals surface area contributed by atoms with E-state index in [4.69, 9.17) is 5.73 Å². The maximum atomic E-state index is 12.3. The summed E-state index contributed by atoms with van der Waals surface area (Å²) in [4.78, 5) is 7.77. The van der Waals surface area contributed by atoms with Gasteiger partial charge in [0, 0.05) is 5.56 Å². The number of alkyl halides is 3. The number of nitrogens with zero attached hydrogens (tertiary/aromatic N) is 3. The van der Waals surface area contributed by atoms with Crippen LogP contribution in [-0.4, -0.2) is 26.5 Å². The van der Waals surface area contributed by atoms with Crippen molar-refractivity contribution in [2.24, 2.45) is 0 Å². The predicted molar refractivity (Wildman–Crippen MR) is 68.2 cm³/mol. The first-order chi connectivity index (χ1) is 9.94. The number of aromatic amines is 1. The molecular formula is C12H8F3N5O. The number of halogens is 3. The molecule has 3 rings (SSSR count). The molecule has 21 heavy (non-hydrogen) atoms. The maximum Gasteiger partial charge on any atom is 0.573 e. The molecule has 3 N–H and O–H groups in total. The molecule has 0 amide bonds. The minimum atomic E-state index is -4.75. The lowest BCUT2D eigenvalue weighted by molar-refractivity contribution is -0.274. The van der Waals surface area contributed by atoms with Crippen molar-refractivity contribution >= 4 is 16.9 Å². The van der Waals surface area contributed by atoms with Crippen LogP contribution in [0, 0.1) is 0 Å². The molecule has 0 aliphatic heterocycles. The van der Waals surface area contributed by atoms with Gasteiger partial charge in [-0.25, -0.2) is 9.97 Å². The van der Waals surface area contributed by atoms with E-state index < -0.39 is 6.36 Å². The highest BCUT2D eigenvalue weighted by Gasteiger charge is 2.31. The van der Waals surface area contributed by atoms with E-state index in [2.05, 4.69) is 24.9 Å². The van der Waals surface area contributed by atoms with Gasteiger partial charge >= 0.3 is 6.36 Å². The fraction of sp³-hybridized carbons (Fsp3) is 0.0833. The van der Waals surface area contributed by atoms with Gasteiger partial charge in [-0.05, 0) is 12.1 Å². The number of aromatic nitrogens is 4. The molecule has 6 nitrogen and oxygen atoms in total. The zero-order valence-corrected chi connectivity index (χ0v) is 10.3. The van der Waals surface area contributed by atoms with E-state index in [1.54, 1.807) is 6.07 Å². The fourth-order valence-electron chi connectivity index (χ4n) is 1.94. The van der Waals surface area contributed by atoms with E-state index in [-0.39, 0.29) is 11.6 Å². The normalized spacial score (nSPS) is 11.8. The lowest BCUT2D eigenvalue weighted by Crippen LogP contribution is -2.17. The largest absolute Gasteiger partial charge is 0.573 e. The van der Waals surface area contributed by atoms with Crippen molar-refractivity contribution in [3.05, 3.63) is 30.6 Å². The number of nitrogen functional groups attached to an aromatic ring is 1. The van der Waals surface area contributed by atoms with Crippen LogP contribution < -0.4 is 10.5 Å². The summed E-state index contributed by atoms with van der Waals surface area (Å²) in [6, 6.07) is 5.47. The van der Waals surface area contributed by atoms with Crippen LogP contribution >= 0.6 is 0 Å². The predicted octanol–water partition coefficient (Wildman–Crippen LogP) is 2.50. The molecule has 0 aliphatic rings. The molecule has 1 aromatic carbocycles. The van der Waals surface area contributed by atoms with Crippen LogP contribution in [0.1, 0.15) is 0 Å². The molecule has 3 aromatic rings. The Bertz CT molecular complexity index is 799. The smallest absolute Gasteiger partial charge is 0.406 e. The molecule has 0 radical (unpaired) electrons. The number of nitrogens with two attached hydrogens (primary N) is 1. The number of fused-ring (bicyclic) bond motifs is 1. The molecule has 0 aliphatic carbocycles. The van der Waals surface area contributed by atoms with E-state index in [9.17, 15) is 13.2 Å². The summed E-state index contributed by atoms with van der Waals surface area (Å²) in [5.41, 5.74) is 6.95. The molecule has 2 heterocycles. The number of hydrogen-bond acceptors (Lipinski definition) is 5. The Morgan fingerprint density at radius 3 is 2.76 bits per heavy atom. The van der Waals surface area contributed by atoms with Crippen LogP contribution in [0.25, 0.3) is 22.3 Å². The van der Waals surface area contributed by atoms with Crippen molar-refractivity contribution in [1.29, 1.82) is 0 Å². The van der Waals surface area contributed by atoms with Gasteiger partial charge in [0.25, 0.3) is 0 Å². The van der Waals surface area contributed by atoms with E-state index in [1.807, 2.05) is 0 Å². The minimum absolute atomic E-state index is 0.186. The first-order valence-corrected chi connectivity index (χ1v) is 5.75. The topological polar surface area (TPSA) is 89.7 Å². The first kappa shape index (κ1) is 13.2. The molecule has 0 saturated heterocycles. The third kappa shape index (κ3) is 2.57. The Balaban J connectivity index is 2.09.